The Morgan fingerprint density at radius 1 is 1.32 bits per heavy atom. The first-order chi connectivity index (χ1) is 13.5. The average molecular weight is 420 g/mol. The van der Waals surface area contributed by atoms with Gasteiger partial charge in [0.2, 0.25) is 0 Å². The highest BCUT2D eigenvalue weighted by Gasteiger charge is 2.20. The summed E-state index contributed by atoms with van der Waals surface area (Å²) in [6, 6.07) is 6.54. The number of benzene rings is 1. The van der Waals surface area contributed by atoms with Gasteiger partial charge in [0.1, 0.15) is 11.0 Å². The van der Waals surface area contributed by atoms with Crippen LogP contribution < -0.4 is 10.2 Å². The third kappa shape index (κ3) is 3.92. The van der Waals surface area contributed by atoms with E-state index in [0.29, 0.717) is 11.7 Å². The maximum Gasteiger partial charge on any atom is 0.187 e. The second kappa shape index (κ2) is 8.19. The van der Waals surface area contributed by atoms with E-state index in [-0.39, 0.29) is 11.9 Å². The van der Waals surface area contributed by atoms with Gasteiger partial charge in [0.25, 0.3) is 0 Å². The van der Waals surface area contributed by atoms with Crippen LogP contribution in [0.4, 0.5) is 9.52 Å². The Hall–Kier alpha value is -1.96. The van der Waals surface area contributed by atoms with Crippen molar-refractivity contribution in [1.29, 1.82) is 0 Å². The van der Waals surface area contributed by atoms with Crippen LogP contribution in [0.2, 0.25) is 5.15 Å². The van der Waals surface area contributed by atoms with E-state index in [1.807, 2.05) is 19.2 Å². The minimum absolute atomic E-state index is 0.0794. The van der Waals surface area contributed by atoms with Gasteiger partial charge in [0.15, 0.2) is 5.13 Å². The number of thiazole rings is 1. The molecule has 148 valence electrons. The van der Waals surface area contributed by atoms with Crippen molar-refractivity contribution >= 4 is 28.1 Å². The molecule has 2 aromatic heterocycles. The summed E-state index contributed by atoms with van der Waals surface area (Å²) >= 11 is 8.02. The van der Waals surface area contributed by atoms with Gasteiger partial charge < -0.3 is 10.2 Å². The zero-order valence-corrected chi connectivity index (χ0v) is 17.5. The van der Waals surface area contributed by atoms with Crippen LogP contribution in [0.1, 0.15) is 41.9 Å². The molecule has 0 radical (unpaired) electrons. The monoisotopic (exact) mass is 419 g/mol. The van der Waals surface area contributed by atoms with Crippen molar-refractivity contribution < 1.29 is 4.39 Å². The third-order valence-electron chi connectivity index (χ3n) is 5.15. The smallest absolute Gasteiger partial charge is 0.187 e. The van der Waals surface area contributed by atoms with Crippen molar-refractivity contribution in [3.63, 3.8) is 0 Å². The summed E-state index contributed by atoms with van der Waals surface area (Å²) in [4.78, 5) is 7.88. The summed E-state index contributed by atoms with van der Waals surface area (Å²) in [6.45, 7) is 6.86. The first kappa shape index (κ1) is 19.4. The fourth-order valence-electron chi connectivity index (χ4n) is 3.55. The van der Waals surface area contributed by atoms with Crippen LogP contribution in [-0.4, -0.2) is 27.9 Å². The second-order valence-corrected chi connectivity index (χ2v) is 8.50. The SMILES string of the molecule is Cc1c(C(C)NCc2sc(N3CCCC3)nc2Cl)cnn1-c1cccc(F)c1. The van der Waals surface area contributed by atoms with Crippen molar-refractivity contribution in [3.8, 4) is 5.69 Å². The van der Waals surface area contributed by atoms with Gasteiger partial charge in [-0.3, -0.25) is 0 Å². The molecule has 3 heterocycles. The van der Waals surface area contributed by atoms with Crippen LogP contribution >= 0.6 is 22.9 Å². The van der Waals surface area contributed by atoms with E-state index in [1.165, 1.54) is 25.0 Å². The molecule has 28 heavy (non-hydrogen) atoms. The number of hydrogen-bond acceptors (Lipinski definition) is 5. The van der Waals surface area contributed by atoms with Gasteiger partial charge in [0, 0.05) is 36.9 Å². The Balaban J connectivity index is 1.45. The molecule has 1 unspecified atom stereocenters. The van der Waals surface area contributed by atoms with Crippen molar-refractivity contribution in [3.05, 3.63) is 57.6 Å². The van der Waals surface area contributed by atoms with E-state index in [4.69, 9.17) is 11.6 Å². The first-order valence-electron chi connectivity index (χ1n) is 9.47. The van der Waals surface area contributed by atoms with Gasteiger partial charge in [-0.1, -0.05) is 29.0 Å². The Morgan fingerprint density at radius 2 is 2.11 bits per heavy atom. The predicted molar refractivity (Wildman–Crippen MR) is 112 cm³/mol. The third-order valence-corrected chi connectivity index (χ3v) is 6.69. The van der Waals surface area contributed by atoms with Crippen LogP contribution in [0.3, 0.4) is 0 Å². The van der Waals surface area contributed by atoms with Crippen LogP contribution in [0.15, 0.2) is 30.5 Å². The van der Waals surface area contributed by atoms with Gasteiger partial charge in [-0.05, 0) is 44.9 Å². The van der Waals surface area contributed by atoms with Crippen molar-refractivity contribution in [2.45, 2.75) is 39.3 Å². The van der Waals surface area contributed by atoms with Crippen LogP contribution in [0.5, 0.6) is 0 Å². The van der Waals surface area contributed by atoms with Crippen molar-refractivity contribution in [2.75, 3.05) is 18.0 Å². The maximum atomic E-state index is 13.5. The minimum atomic E-state index is -0.270. The lowest BCUT2D eigenvalue weighted by molar-refractivity contribution is 0.575. The first-order valence-corrected chi connectivity index (χ1v) is 10.7. The molecule has 0 saturated carbocycles. The summed E-state index contributed by atoms with van der Waals surface area (Å²) in [5, 5.41) is 9.56. The molecule has 0 amide bonds. The van der Waals surface area contributed by atoms with Crippen LogP contribution in [-0.2, 0) is 6.54 Å². The predicted octanol–water partition coefficient (Wildman–Crippen LogP) is 4.88. The molecule has 1 saturated heterocycles. The van der Waals surface area contributed by atoms with E-state index in [1.54, 1.807) is 22.1 Å². The molecule has 1 aromatic carbocycles. The number of nitrogens with one attached hydrogen (secondary N) is 1. The van der Waals surface area contributed by atoms with Crippen molar-refractivity contribution in [1.82, 2.24) is 20.1 Å². The fraction of sp³-hybridized carbons (Fsp3) is 0.400. The zero-order valence-electron chi connectivity index (χ0n) is 16.0. The topological polar surface area (TPSA) is 46.0 Å². The highest BCUT2D eigenvalue weighted by molar-refractivity contribution is 7.16. The molecule has 0 bridgehead atoms. The minimum Gasteiger partial charge on any atom is -0.348 e. The summed E-state index contributed by atoms with van der Waals surface area (Å²) < 4.78 is 15.3. The van der Waals surface area contributed by atoms with E-state index in [2.05, 4.69) is 27.2 Å². The lowest BCUT2D eigenvalue weighted by Gasteiger charge is -2.14. The second-order valence-electron chi connectivity index (χ2n) is 7.08. The summed E-state index contributed by atoms with van der Waals surface area (Å²) in [5.74, 6) is -0.270. The number of hydrogen-bond donors (Lipinski definition) is 1. The molecular formula is C20H23ClFN5S. The lowest BCUT2D eigenvalue weighted by atomic mass is 10.1. The van der Waals surface area contributed by atoms with Crippen LogP contribution in [0, 0.1) is 12.7 Å². The van der Waals surface area contributed by atoms with E-state index in [9.17, 15) is 4.39 Å². The largest absolute Gasteiger partial charge is 0.348 e. The molecule has 3 aromatic rings. The summed E-state index contributed by atoms with van der Waals surface area (Å²) in [5.41, 5.74) is 2.78. The molecule has 4 rings (SSSR count). The Bertz CT molecular complexity index is 963. The van der Waals surface area contributed by atoms with E-state index in [0.717, 1.165) is 40.0 Å². The summed E-state index contributed by atoms with van der Waals surface area (Å²) in [6.07, 6.45) is 4.27. The molecular weight excluding hydrogens is 397 g/mol. The highest BCUT2D eigenvalue weighted by Crippen LogP contribution is 2.32. The summed E-state index contributed by atoms with van der Waals surface area (Å²) in [7, 11) is 0. The van der Waals surface area contributed by atoms with Crippen molar-refractivity contribution in [2.24, 2.45) is 0 Å². The Kier molecular flexibility index (Phi) is 5.66. The number of anilines is 1. The normalized spacial score (nSPS) is 15.4. The van der Waals surface area contributed by atoms with Gasteiger partial charge in [-0.15, -0.1) is 0 Å². The van der Waals surface area contributed by atoms with E-state index >= 15 is 0 Å². The zero-order chi connectivity index (χ0) is 19.7. The number of aromatic nitrogens is 3. The molecule has 1 aliphatic rings. The van der Waals surface area contributed by atoms with Gasteiger partial charge >= 0.3 is 0 Å². The number of rotatable bonds is 6. The standard InChI is InChI=1S/C20H23ClFN5S/c1-13(17-11-24-27(14(17)2)16-7-5-6-15(22)10-16)23-12-18-19(21)25-20(28-18)26-8-3-4-9-26/h5-7,10-11,13,23H,3-4,8-9,12H2,1-2H3. The van der Waals surface area contributed by atoms with E-state index < -0.39 is 0 Å². The molecule has 1 N–H and O–H groups in total. The quantitative estimate of drug-likeness (QED) is 0.618. The van der Waals surface area contributed by atoms with Gasteiger partial charge in [-0.25, -0.2) is 14.1 Å². The molecule has 5 nitrogen and oxygen atoms in total. The number of halogens is 2. The molecule has 1 atom stereocenters. The fourth-order valence-corrected chi connectivity index (χ4v) is 4.81. The van der Waals surface area contributed by atoms with Gasteiger partial charge in [0.05, 0.1) is 16.8 Å². The molecule has 1 fully saturated rings. The average Bonchev–Trinajstić information content (AvgIpc) is 3.40. The van der Waals surface area contributed by atoms with Crippen LogP contribution in [0.25, 0.3) is 5.69 Å². The lowest BCUT2D eigenvalue weighted by Crippen LogP contribution is -2.18. The molecule has 8 heteroatoms. The highest BCUT2D eigenvalue weighted by atomic mass is 35.5. The maximum absolute atomic E-state index is 13.5. The number of nitrogens with zero attached hydrogens (tertiary/aromatic N) is 4. The van der Waals surface area contributed by atoms with Gasteiger partial charge in [-0.2, -0.15) is 5.10 Å². The Labute approximate surface area is 173 Å². The molecule has 0 aliphatic carbocycles. The molecule has 0 spiro atoms. The molecule has 1 aliphatic heterocycles. The Morgan fingerprint density at radius 3 is 2.86 bits per heavy atom.